The quantitative estimate of drug-likeness (QED) is 0.494. The molecule has 0 fully saturated rings. The number of nitrogens with one attached hydrogen (secondary N) is 2. The molecule has 0 unspecified atom stereocenters. The van der Waals surface area contributed by atoms with Gasteiger partial charge in [-0.1, -0.05) is 0 Å². The Morgan fingerprint density at radius 1 is 1.16 bits per heavy atom. The molecule has 0 aliphatic carbocycles. The van der Waals surface area contributed by atoms with Gasteiger partial charge >= 0.3 is 6.18 Å². The minimum Gasteiger partial charge on any atom is -0.383 e. The monoisotopic (exact) mass is 434 g/mol. The fourth-order valence-corrected chi connectivity index (χ4v) is 2.96. The molecule has 3 aromatic heterocycles. The van der Waals surface area contributed by atoms with Gasteiger partial charge in [-0.2, -0.15) is 13.2 Å². The van der Waals surface area contributed by atoms with Crippen molar-refractivity contribution in [1.82, 2.24) is 19.7 Å². The fraction of sp³-hybridized carbons (Fsp3) is 0.300. The number of halogens is 3. The minimum atomic E-state index is -4.61. The number of hydrogen-bond donors (Lipinski definition) is 3. The van der Waals surface area contributed by atoms with Gasteiger partial charge in [0.25, 0.3) is 0 Å². The van der Waals surface area contributed by atoms with Gasteiger partial charge in [-0.15, -0.1) is 0 Å². The van der Waals surface area contributed by atoms with E-state index in [1.807, 2.05) is 0 Å². The lowest BCUT2D eigenvalue weighted by Crippen LogP contribution is -2.21. The van der Waals surface area contributed by atoms with Crippen LogP contribution < -0.4 is 16.4 Å². The van der Waals surface area contributed by atoms with Crippen molar-refractivity contribution in [2.45, 2.75) is 32.4 Å². The number of unbranched alkanes of at least 4 members (excludes halogenated alkanes) is 1. The van der Waals surface area contributed by atoms with Crippen molar-refractivity contribution in [2.75, 3.05) is 17.6 Å². The van der Waals surface area contributed by atoms with Crippen molar-refractivity contribution in [2.24, 2.45) is 0 Å². The van der Waals surface area contributed by atoms with Crippen LogP contribution in [-0.2, 0) is 15.8 Å². The summed E-state index contributed by atoms with van der Waals surface area (Å²) in [7, 11) is 0. The number of hydrogen-bond acceptors (Lipinski definition) is 5. The summed E-state index contributed by atoms with van der Waals surface area (Å²) in [6.45, 7) is 1.94. The number of amides is 2. The highest BCUT2D eigenvalue weighted by Gasteiger charge is 2.34. The molecule has 31 heavy (non-hydrogen) atoms. The lowest BCUT2D eigenvalue weighted by Gasteiger charge is -2.11. The lowest BCUT2D eigenvalue weighted by atomic mass is 10.1. The Labute approximate surface area is 175 Å². The summed E-state index contributed by atoms with van der Waals surface area (Å²) < 4.78 is 40.9. The third kappa shape index (κ3) is 5.71. The van der Waals surface area contributed by atoms with Gasteiger partial charge < -0.3 is 20.8 Å². The first-order chi connectivity index (χ1) is 14.6. The van der Waals surface area contributed by atoms with Crippen LogP contribution in [0.4, 0.5) is 24.8 Å². The largest absolute Gasteiger partial charge is 0.419 e. The smallest absolute Gasteiger partial charge is 0.383 e. The van der Waals surface area contributed by atoms with E-state index in [1.54, 1.807) is 28.9 Å². The average molecular weight is 434 g/mol. The number of nitrogens with zero attached hydrogens (tertiary/aromatic N) is 3. The van der Waals surface area contributed by atoms with Crippen LogP contribution in [0.25, 0.3) is 16.8 Å². The van der Waals surface area contributed by atoms with Gasteiger partial charge in [0.2, 0.25) is 11.8 Å². The molecule has 3 rings (SSSR count). The van der Waals surface area contributed by atoms with Crippen molar-refractivity contribution in [3.8, 4) is 11.1 Å². The van der Waals surface area contributed by atoms with Crippen molar-refractivity contribution in [3.63, 3.8) is 0 Å². The first-order valence-corrected chi connectivity index (χ1v) is 9.49. The van der Waals surface area contributed by atoms with E-state index in [4.69, 9.17) is 5.73 Å². The van der Waals surface area contributed by atoms with E-state index in [-0.39, 0.29) is 23.8 Å². The summed E-state index contributed by atoms with van der Waals surface area (Å²) in [5, 5.41) is 5.35. The zero-order valence-corrected chi connectivity index (χ0v) is 16.7. The first-order valence-electron chi connectivity index (χ1n) is 9.49. The Morgan fingerprint density at radius 2 is 1.94 bits per heavy atom. The zero-order valence-electron chi connectivity index (χ0n) is 16.7. The Hall–Kier alpha value is -3.63. The van der Waals surface area contributed by atoms with E-state index >= 15 is 0 Å². The van der Waals surface area contributed by atoms with Crippen molar-refractivity contribution < 1.29 is 22.8 Å². The molecule has 0 aliphatic rings. The molecule has 0 aromatic carbocycles. The number of carbonyl (C=O) groups is 2. The van der Waals surface area contributed by atoms with Crippen molar-refractivity contribution >= 4 is 29.1 Å². The van der Waals surface area contributed by atoms with Crippen LogP contribution in [0.2, 0.25) is 0 Å². The molecule has 0 saturated heterocycles. The standard InChI is InChI=1S/C20H21F3N6O2/c1-12(30)25-7-3-2-4-18(31)28-16-11-29-10-13(5-6-17(29)27-16)14-8-15(20(21,22)23)19(24)26-9-14/h5-6,8-11H,2-4,7H2,1H3,(H2,24,26)(H,25,30)(H,28,31). The molecule has 8 nitrogen and oxygen atoms in total. The van der Waals surface area contributed by atoms with E-state index in [9.17, 15) is 22.8 Å². The summed E-state index contributed by atoms with van der Waals surface area (Å²) in [6.07, 6.45) is 1.39. The number of imidazole rings is 1. The lowest BCUT2D eigenvalue weighted by molar-refractivity contribution is -0.137. The van der Waals surface area contributed by atoms with Gasteiger partial charge in [-0.05, 0) is 31.0 Å². The summed E-state index contributed by atoms with van der Waals surface area (Å²) in [5.74, 6) is -0.584. The van der Waals surface area contributed by atoms with E-state index in [1.165, 1.54) is 13.1 Å². The van der Waals surface area contributed by atoms with E-state index in [0.717, 1.165) is 6.07 Å². The maximum absolute atomic E-state index is 13.1. The molecular formula is C20H21F3N6O2. The molecule has 0 spiro atoms. The van der Waals surface area contributed by atoms with Crippen LogP contribution >= 0.6 is 0 Å². The number of aromatic nitrogens is 3. The topological polar surface area (TPSA) is 114 Å². The van der Waals surface area contributed by atoms with Gasteiger partial charge in [-0.3, -0.25) is 9.59 Å². The summed E-state index contributed by atoms with van der Waals surface area (Å²) in [6, 6.07) is 4.19. The maximum atomic E-state index is 13.1. The van der Waals surface area contributed by atoms with Gasteiger partial charge in [-0.25, -0.2) is 9.97 Å². The molecule has 4 N–H and O–H groups in total. The van der Waals surface area contributed by atoms with Crippen LogP contribution in [-0.4, -0.2) is 32.7 Å². The third-order valence-electron chi connectivity index (χ3n) is 4.48. The number of nitrogen functional groups attached to an aromatic ring is 1. The molecule has 3 aromatic rings. The van der Waals surface area contributed by atoms with Gasteiger partial charge in [0, 0.05) is 43.4 Å². The van der Waals surface area contributed by atoms with Crippen LogP contribution in [0.3, 0.4) is 0 Å². The predicted octanol–water partition coefficient (Wildman–Crippen LogP) is 3.24. The third-order valence-corrected chi connectivity index (χ3v) is 4.48. The molecule has 164 valence electrons. The molecule has 11 heteroatoms. The number of rotatable bonds is 7. The Kier molecular flexibility index (Phi) is 6.42. The summed E-state index contributed by atoms with van der Waals surface area (Å²) >= 11 is 0. The SMILES string of the molecule is CC(=O)NCCCCC(=O)Nc1cn2cc(-c3cnc(N)c(C(F)(F)F)c3)ccc2n1. The maximum Gasteiger partial charge on any atom is 0.419 e. The average Bonchev–Trinajstić information content (AvgIpc) is 3.08. The summed E-state index contributed by atoms with van der Waals surface area (Å²) in [4.78, 5) is 30.8. The molecular weight excluding hydrogens is 413 g/mol. The number of nitrogens with two attached hydrogens (primary N) is 1. The van der Waals surface area contributed by atoms with Crippen molar-refractivity contribution in [3.05, 3.63) is 42.4 Å². The molecule has 0 saturated carbocycles. The number of pyridine rings is 2. The molecule has 0 bridgehead atoms. The minimum absolute atomic E-state index is 0.113. The molecule has 0 aliphatic heterocycles. The van der Waals surface area contributed by atoms with Crippen LogP contribution in [0.15, 0.2) is 36.8 Å². The Morgan fingerprint density at radius 3 is 2.65 bits per heavy atom. The van der Waals surface area contributed by atoms with Crippen molar-refractivity contribution in [1.29, 1.82) is 0 Å². The normalized spacial score (nSPS) is 11.5. The molecule has 0 atom stereocenters. The van der Waals surface area contributed by atoms with Crippen LogP contribution in [0, 0.1) is 0 Å². The highest BCUT2D eigenvalue weighted by molar-refractivity contribution is 5.90. The van der Waals surface area contributed by atoms with E-state index in [2.05, 4.69) is 20.6 Å². The van der Waals surface area contributed by atoms with Gasteiger partial charge in [0.05, 0.1) is 11.8 Å². The van der Waals surface area contributed by atoms with E-state index < -0.39 is 17.6 Å². The Balaban J connectivity index is 1.69. The van der Waals surface area contributed by atoms with Crippen LogP contribution in [0.5, 0.6) is 0 Å². The van der Waals surface area contributed by atoms with Crippen LogP contribution in [0.1, 0.15) is 31.7 Å². The Bertz CT molecular complexity index is 1110. The van der Waals surface area contributed by atoms with E-state index in [0.29, 0.717) is 36.4 Å². The highest BCUT2D eigenvalue weighted by atomic mass is 19.4. The highest BCUT2D eigenvalue weighted by Crippen LogP contribution is 2.35. The number of anilines is 2. The number of fused-ring (bicyclic) bond motifs is 1. The number of alkyl halides is 3. The van der Waals surface area contributed by atoms with Gasteiger partial charge in [0.15, 0.2) is 5.82 Å². The second-order valence-corrected chi connectivity index (χ2v) is 6.95. The first kappa shape index (κ1) is 22.1. The molecule has 2 amide bonds. The second kappa shape index (κ2) is 9.02. The molecule has 3 heterocycles. The van der Waals surface area contributed by atoms with Gasteiger partial charge in [0.1, 0.15) is 11.5 Å². The zero-order chi connectivity index (χ0) is 22.6. The summed E-state index contributed by atoms with van der Waals surface area (Å²) in [5.41, 5.74) is 5.61. The number of carbonyl (C=O) groups excluding carboxylic acids is 2. The second-order valence-electron chi connectivity index (χ2n) is 6.95. The molecule has 0 radical (unpaired) electrons. The predicted molar refractivity (Wildman–Crippen MR) is 109 cm³/mol. The fourth-order valence-electron chi connectivity index (χ4n) is 2.96.